The molecule has 0 bridgehead atoms. The lowest BCUT2D eigenvalue weighted by molar-refractivity contribution is -0.116. The molecule has 1 amide bonds. The average Bonchev–Trinajstić information content (AvgIpc) is 2.36. The van der Waals surface area contributed by atoms with Crippen molar-refractivity contribution in [1.82, 2.24) is 9.97 Å². The largest absolute Gasteiger partial charge is 0.383 e. The molecule has 5 N–H and O–H groups in total. The normalized spacial score (nSPS) is 17.4. The minimum absolute atomic E-state index is 0.0126. The number of nitrogens with zero attached hydrogens (tertiary/aromatic N) is 2. The van der Waals surface area contributed by atoms with Crippen molar-refractivity contribution in [3.8, 4) is 0 Å². The molecule has 2 heterocycles. The van der Waals surface area contributed by atoms with Gasteiger partial charge in [0.25, 0.3) is 0 Å². The van der Waals surface area contributed by atoms with E-state index in [1.54, 1.807) is 12.1 Å². The van der Waals surface area contributed by atoms with Gasteiger partial charge in [-0.1, -0.05) is 12.1 Å². The van der Waals surface area contributed by atoms with Gasteiger partial charge < -0.3 is 16.8 Å². The first-order valence-electron chi connectivity index (χ1n) is 6.03. The molecule has 1 aromatic carbocycles. The number of hydrogen-bond acceptors (Lipinski definition) is 5. The summed E-state index contributed by atoms with van der Waals surface area (Å²) in [4.78, 5) is 19.7. The van der Waals surface area contributed by atoms with Crippen LogP contribution in [0.5, 0.6) is 0 Å². The minimum atomic E-state index is -0.380. The second-order valence-corrected chi connectivity index (χ2v) is 4.59. The number of carbonyl (C=O) groups is 1. The van der Waals surface area contributed by atoms with Crippen molar-refractivity contribution in [3.05, 3.63) is 41.2 Å². The Morgan fingerprint density at radius 1 is 1.30 bits per heavy atom. The van der Waals surface area contributed by atoms with Gasteiger partial charge in [-0.2, -0.15) is 9.97 Å². The first kappa shape index (κ1) is 12.3. The molecule has 1 aliphatic heterocycles. The number of rotatable bonds is 1. The second kappa shape index (κ2) is 4.44. The zero-order valence-corrected chi connectivity index (χ0v) is 10.4. The van der Waals surface area contributed by atoms with Crippen molar-refractivity contribution in [1.29, 1.82) is 0 Å². The van der Waals surface area contributed by atoms with Crippen molar-refractivity contribution < 1.29 is 9.18 Å². The molecule has 2 aromatic rings. The summed E-state index contributed by atoms with van der Waals surface area (Å²) in [6.07, 6.45) is 0.161. The molecular weight excluding hydrogens is 261 g/mol. The van der Waals surface area contributed by atoms with Crippen LogP contribution in [0.15, 0.2) is 24.3 Å². The smallest absolute Gasteiger partial charge is 0.226 e. The Morgan fingerprint density at radius 2 is 2.10 bits per heavy atom. The van der Waals surface area contributed by atoms with Gasteiger partial charge in [0.15, 0.2) is 0 Å². The standard InChI is InChI=1S/C13H12FN5O/c14-7-3-1-2-6(4-7)8-5-9(20)17-12-10(8)11(15)18-13(16)19-12/h1-4,8H,5H2,(H5,15,16,17,18,19,20)/t8-/m0/s1. The van der Waals surface area contributed by atoms with E-state index in [2.05, 4.69) is 15.3 Å². The summed E-state index contributed by atoms with van der Waals surface area (Å²) >= 11 is 0. The van der Waals surface area contributed by atoms with Gasteiger partial charge in [-0.3, -0.25) is 4.79 Å². The maximum Gasteiger partial charge on any atom is 0.226 e. The van der Waals surface area contributed by atoms with Gasteiger partial charge in [-0.05, 0) is 17.7 Å². The maximum atomic E-state index is 13.4. The maximum absolute atomic E-state index is 13.4. The molecule has 1 aliphatic rings. The van der Waals surface area contributed by atoms with Crippen LogP contribution in [-0.4, -0.2) is 15.9 Å². The summed E-state index contributed by atoms with van der Waals surface area (Å²) in [7, 11) is 0. The Hall–Kier alpha value is -2.70. The molecular formula is C13H12FN5O. The second-order valence-electron chi connectivity index (χ2n) is 4.59. The highest BCUT2D eigenvalue weighted by molar-refractivity contribution is 5.95. The van der Waals surface area contributed by atoms with Crippen LogP contribution in [0.2, 0.25) is 0 Å². The SMILES string of the molecule is Nc1nc(N)c2c(n1)NC(=O)C[C@H]2c1cccc(F)c1. The highest BCUT2D eigenvalue weighted by atomic mass is 19.1. The third kappa shape index (κ3) is 2.03. The number of aromatic nitrogens is 2. The van der Waals surface area contributed by atoms with Crippen molar-refractivity contribution in [2.45, 2.75) is 12.3 Å². The topological polar surface area (TPSA) is 107 Å². The van der Waals surface area contributed by atoms with Gasteiger partial charge >= 0.3 is 0 Å². The predicted octanol–water partition coefficient (Wildman–Crippen LogP) is 1.25. The van der Waals surface area contributed by atoms with E-state index in [1.165, 1.54) is 12.1 Å². The Bertz CT molecular complexity index is 703. The number of carbonyl (C=O) groups excluding carboxylic acids is 1. The van der Waals surface area contributed by atoms with E-state index in [-0.39, 0.29) is 35.8 Å². The van der Waals surface area contributed by atoms with E-state index in [4.69, 9.17) is 11.5 Å². The molecule has 6 nitrogen and oxygen atoms in total. The highest BCUT2D eigenvalue weighted by Crippen LogP contribution is 2.39. The lowest BCUT2D eigenvalue weighted by Crippen LogP contribution is -2.26. The summed E-state index contributed by atoms with van der Waals surface area (Å²) in [5.41, 5.74) is 12.6. The van der Waals surface area contributed by atoms with E-state index >= 15 is 0 Å². The van der Waals surface area contributed by atoms with Crippen molar-refractivity contribution in [2.75, 3.05) is 16.8 Å². The zero-order chi connectivity index (χ0) is 14.3. The molecule has 7 heteroatoms. The van der Waals surface area contributed by atoms with E-state index in [0.717, 1.165) is 0 Å². The van der Waals surface area contributed by atoms with E-state index in [1.807, 2.05) is 0 Å². The number of nitrogen functional groups attached to an aromatic ring is 2. The number of nitrogens with two attached hydrogens (primary N) is 2. The molecule has 0 saturated heterocycles. The fourth-order valence-electron chi connectivity index (χ4n) is 2.42. The Kier molecular flexibility index (Phi) is 2.74. The quantitative estimate of drug-likeness (QED) is 0.725. The molecule has 0 unspecified atom stereocenters. The van der Waals surface area contributed by atoms with Gasteiger partial charge in [0.2, 0.25) is 11.9 Å². The van der Waals surface area contributed by atoms with Gasteiger partial charge in [-0.15, -0.1) is 0 Å². The fraction of sp³-hybridized carbons (Fsp3) is 0.154. The van der Waals surface area contributed by atoms with E-state index in [9.17, 15) is 9.18 Å². The van der Waals surface area contributed by atoms with E-state index in [0.29, 0.717) is 16.9 Å². The van der Waals surface area contributed by atoms with Crippen LogP contribution in [0.25, 0.3) is 0 Å². The van der Waals surface area contributed by atoms with Crippen LogP contribution in [0.3, 0.4) is 0 Å². The van der Waals surface area contributed by atoms with Crippen LogP contribution < -0.4 is 16.8 Å². The number of nitrogens with one attached hydrogen (secondary N) is 1. The number of hydrogen-bond donors (Lipinski definition) is 3. The van der Waals surface area contributed by atoms with Gasteiger partial charge in [0.1, 0.15) is 17.5 Å². The van der Waals surface area contributed by atoms with Crippen LogP contribution in [-0.2, 0) is 4.79 Å². The molecule has 102 valence electrons. The molecule has 0 saturated carbocycles. The molecule has 0 aliphatic carbocycles. The Morgan fingerprint density at radius 3 is 2.85 bits per heavy atom. The summed E-state index contributed by atoms with van der Waals surface area (Å²) in [5, 5.41) is 2.61. The van der Waals surface area contributed by atoms with E-state index < -0.39 is 0 Å². The third-order valence-corrected chi connectivity index (χ3v) is 3.24. The lowest BCUT2D eigenvalue weighted by Gasteiger charge is -2.26. The molecule has 20 heavy (non-hydrogen) atoms. The molecule has 0 spiro atoms. The number of anilines is 3. The van der Waals surface area contributed by atoms with Crippen molar-refractivity contribution in [2.24, 2.45) is 0 Å². The van der Waals surface area contributed by atoms with Crippen molar-refractivity contribution in [3.63, 3.8) is 0 Å². The Labute approximate surface area is 114 Å². The van der Waals surface area contributed by atoms with Gasteiger partial charge in [0, 0.05) is 17.9 Å². The Balaban J connectivity index is 2.17. The molecule has 3 rings (SSSR count). The first-order chi connectivity index (χ1) is 9.54. The van der Waals surface area contributed by atoms with Gasteiger partial charge in [0.05, 0.1) is 0 Å². The zero-order valence-electron chi connectivity index (χ0n) is 10.4. The monoisotopic (exact) mass is 273 g/mol. The first-order valence-corrected chi connectivity index (χ1v) is 6.03. The average molecular weight is 273 g/mol. The molecule has 0 fully saturated rings. The summed E-state index contributed by atoms with van der Waals surface area (Å²) < 4.78 is 13.4. The number of halogens is 1. The summed E-state index contributed by atoms with van der Waals surface area (Å²) in [5.74, 6) is -0.493. The fourth-order valence-corrected chi connectivity index (χ4v) is 2.42. The third-order valence-electron chi connectivity index (χ3n) is 3.24. The van der Waals surface area contributed by atoms with Crippen LogP contribution in [0.1, 0.15) is 23.5 Å². The number of fused-ring (bicyclic) bond motifs is 1. The van der Waals surface area contributed by atoms with Crippen molar-refractivity contribution >= 4 is 23.5 Å². The number of amides is 1. The van der Waals surface area contributed by atoms with Crippen LogP contribution in [0, 0.1) is 5.82 Å². The predicted molar refractivity (Wildman–Crippen MR) is 72.3 cm³/mol. The van der Waals surface area contributed by atoms with Crippen LogP contribution >= 0.6 is 0 Å². The molecule has 1 atom stereocenters. The van der Waals surface area contributed by atoms with Crippen LogP contribution in [0.4, 0.5) is 22.0 Å². The summed E-state index contributed by atoms with van der Waals surface area (Å²) in [6.45, 7) is 0. The number of benzene rings is 1. The molecule has 0 radical (unpaired) electrons. The minimum Gasteiger partial charge on any atom is -0.383 e. The lowest BCUT2D eigenvalue weighted by atomic mass is 9.86. The molecule has 1 aromatic heterocycles. The highest BCUT2D eigenvalue weighted by Gasteiger charge is 2.30. The van der Waals surface area contributed by atoms with Gasteiger partial charge in [-0.25, -0.2) is 4.39 Å². The summed E-state index contributed by atoms with van der Waals surface area (Å²) in [6, 6.07) is 6.05.